The summed E-state index contributed by atoms with van der Waals surface area (Å²) in [6.45, 7) is 0. The Balaban J connectivity index is 2.62. The molecule has 10 heavy (non-hydrogen) atoms. The van der Waals surface area contributed by atoms with Crippen molar-refractivity contribution in [3.05, 3.63) is 0 Å². The molecular weight excluding hydrogens is 136 g/mol. The fourth-order valence-corrected chi connectivity index (χ4v) is 0.773. The lowest BCUT2D eigenvalue weighted by molar-refractivity contribution is -0.144. The van der Waals surface area contributed by atoms with Crippen molar-refractivity contribution in [1.82, 2.24) is 10.4 Å². The van der Waals surface area contributed by atoms with Crippen molar-refractivity contribution in [2.24, 2.45) is 0 Å². The van der Waals surface area contributed by atoms with Gasteiger partial charge in [0, 0.05) is 12.8 Å². The van der Waals surface area contributed by atoms with Gasteiger partial charge >= 0.3 is 0 Å². The second-order valence-electron chi connectivity index (χ2n) is 1.87. The molecule has 3 amide bonds. The highest BCUT2D eigenvalue weighted by Gasteiger charge is 2.28. The maximum atomic E-state index is 10.7. The maximum Gasteiger partial charge on any atom is 0.248 e. The second-order valence-corrected chi connectivity index (χ2v) is 1.87. The minimum Gasteiger partial charge on any atom is -0.277 e. The summed E-state index contributed by atoms with van der Waals surface area (Å²) < 4.78 is 0. The number of carbonyl (C=O) groups is 3. The SMILES string of the molecule is O=CNN1C(=O)CCC1=O. The van der Waals surface area contributed by atoms with Gasteiger partial charge in [-0.3, -0.25) is 19.8 Å². The highest BCUT2D eigenvalue weighted by atomic mass is 16.2. The average molecular weight is 142 g/mol. The topological polar surface area (TPSA) is 66.5 Å². The molecule has 5 nitrogen and oxygen atoms in total. The van der Waals surface area contributed by atoms with E-state index in [1.165, 1.54) is 0 Å². The van der Waals surface area contributed by atoms with E-state index in [1.807, 2.05) is 5.43 Å². The van der Waals surface area contributed by atoms with Crippen molar-refractivity contribution in [2.45, 2.75) is 12.8 Å². The van der Waals surface area contributed by atoms with Crippen LogP contribution in [0.15, 0.2) is 0 Å². The molecule has 5 heteroatoms. The van der Waals surface area contributed by atoms with E-state index >= 15 is 0 Å². The third-order valence-corrected chi connectivity index (χ3v) is 1.23. The van der Waals surface area contributed by atoms with E-state index in [4.69, 9.17) is 0 Å². The Morgan fingerprint density at radius 3 is 2.20 bits per heavy atom. The van der Waals surface area contributed by atoms with Crippen LogP contribution in [-0.4, -0.2) is 23.2 Å². The standard InChI is InChI=1S/C5H6N2O3/c8-3-6-7-4(9)1-2-5(7)10/h3H,1-2H2,(H,6,8). The minimum absolute atomic E-state index is 0.194. The number of nitrogens with one attached hydrogen (secondary N) is 1. The zero-order valence-electron chi connectivity index (χ0n) is 5.16. The molecule has 0 spiro atoms. The minimum atomic E-state index is -0.350. The Morgan fingerprint density at radius 2 is 1.80 bits per heavy atom. The molecule has 1 rings (SSSR count). The molecule has 1 saturated heterocycles. The molecule has 0 atom stereocenters. The third-order valence-electron chi connectivity index (χ3n) is 1.23. The van der Waals surface area contributed by atoms with E-state index in [-0.39, 0.29) is 24.7 Å². The zero-order chi connectivity index (χ0) is 7.56. The summed E-state index contributed by atoms with van der Waals surface area (Å²) >= 11 is 0. The average Bonchev–Trinajstić information content (AvgIpc) is 2.20. The predicted molar refractivity (Wildman–Crippen MR) is 30.3 cm³/mol. The first kappa shape index (κ1) is 6.73. The summed E-state index contributed by atoms with van der Waals surface area (Å²) in [7, 11) is 0. The Bertz CT molecular complexity index is 173. The van der Waals surface area contributed by atoms with Crippen LogP contribution in [-0.2, 0) is 14.4 Å². The molecule has 1 aliphatic heterocycles. The van der Waals surface area contributed by atoms with Crippen molar-refractivity contribution in [3.8, 4) is 0 Å². The van der Waals surface area contributed by atoms with Crippen LogP contribution in [0.3, 0.4) is 0 Å². The van der Waals surface area contributed by atoms with E-state index in [0.717, 1.165) is 5.01 Å². The number of hydrogen-bond acceptors (Lipinski definition) is 3. The smallest absolute Gasteiger partial charge is 0.248 e. The first-order valence-corrected chi connectivity index (χ1v) is 2.81. The van der Waals surface area contributed by atoms with Crippen LogP contribution in [0.25, 0.3) is 0 Å². The Kier molecular flexibility index (Phi) is 1.66. The summed E-state index contributed by atoms with van der Waals surface area (Å²) in [6, 6.07) is 0. The van der Waals surface area contributed by atoms with Gasteiger partial charge in [0.1, 0.15) is 0 Å². The molecule has 0 aromatic carbocycles. The number of nitrogens with zero attached hydrogens (tertiary/aromatic N) is 1. The van der Waals surface area contributed by atoms with Gasteiger partial charge in [-0.15, -0.1) is 0 Å². The van der Waals surface area contributed by atoms with Gasteiger partial charge in [-0.05, 0) is 0 Å². The molecule has 0 aliphatic carbocycles. The zero-order valence-corrected chi connectivity index (χ0v) is 5.16. The Hall–Kier alpha value is -1.39. The second kappa shape index (κ2) is 2.47. The van der Waals surface area contributed by atoms with Gasteiger partial charge in [-0.25, -0.2) is 0 Å². The number of carbonyl (C=O) groups excluding carboxylic acids is 3. The number of hydrazine groups is 1. The fourth-order valence-electron chi connectivity index (χ4n) is 0.773. The highest BCUT2D eigenvalue weighted by molar-refractivity contribution is 6.02. The largest absolute Gasteiger partial charge is 0.277 e. The molecule has 1 N–H and O–H groups in total. The van der Waals surface area contributed by atoms with E-state index in [2.05, 4.69) is 0 Å². The van der Waals surface area contributed by atoms with Crippen LogP contribution >= 0.6 is 0 Å². The first-order chi connectivity index (χ1) is 4.75. The third kappa shape index (κ3) is 0.975. The van der Waals surface area contributed by atoms with Crippen LogP contribution in [0.2, 0.25) is 0 Å². The lowest BCUT2D eigenvalue weighted by Crippen LogP contribution is -2.40. The molecule has 1 fully saturated rings. The van der Waals surface area contributed by atoms with E-state index in [9.17, 15) is 14.4 Å². The summed E-state index contributed by atoms with van der Waals surface area (Å²) in [5.74, 6) is -0.700. The lowest BCUT2D eigenvalue weighted by Gasteiger charge is -2.09. The molecule has 0 radical (unpaired) electrons. The van der Waals surface area contributed by atoms with Crippen LogP contribution < -0.4 is 5.43 Å². The molecule has 0 aromatic rings. The summed E-state index contributed by atoms with van der Waals surface area (Å²) in [6.07, 6.45) is 0.695. The lowest BCUT2D eigenvalue weighted by atomic mass is 10.4. The fraction of sp³-hybridized carbons (Fsp3) is 0.400. The molecule has 0 unspecified atom stereocenters. The molecule has 0 saturated carbocycles. The van der Waals surface area contributed by atoms with Gasteiger partial charge in [0.25, 0.3) is 0 Å². The van der Waals surface area contributed by atoms with Gasteiger partial charge in [-0.1, -0.05) is 0 Å². The number of imide groups is 1. The van der Waals surface area contributed by atoms with Gasteiger partial charge in [-0.2, -0.15) is 5.01 Å². The van der Waals surface area contributed by atoms with Crippen LogP contribution in [0.5, 0.6) is 0 Å². The normalized spacial score (nSPS) is 17.8. The van der Waals surface area contributed by atoms with Crippen LogP contribution in [0.4, 0.5) is 0 Å². The number of amides is 3. The Labute approximate surface area is 57.0 Å². The predicted octanol–water partition coefficient (Wildman–Crippen LogP) is -1.20. The quantitative estimate of drug-likeness (QED) is 0.389. The molecule has 54 valence electrons. The van der Waals surface area contributed by atoms with Crippen molar-refractivity contribution in [3.63, 3.8) is 0 Å². The summed E-state index contributed by atoms with van der Waals surface area (Å²) in [5.41, 5.74) is 2.00. The number of rotatable bonds is 2. The highest BCUT2D eigenvalue weighted by Crippen LogP contribution is 2.07. The van der Waals surface area contributed by atoms with Crippen molar-refractivity contribution in [2.75, 3.05) is 0 Å². The molecular formula is C5H6N2O3. The van der Waals surface area contributed by atoms with Gasteiger partial charge < -0.3 is 0 Å². The van der Waals surface area contributed by atoms with Crippen molar-refractivity contribution in [1.29, 1.82) is 0 Å². The number of hydrogen-bond donors (Lipinski definition) is 1. The molecule has 0 aromatic heterocycles. The molecule has 1 aliphatic rings. The Morgan fingerprint density at radius 1 is 1.30 bits per heavy atom. The first-order valence-electron chi connectivity index (χ1n) is 2.81. The van der Waals surface area contributed by atoms with Crippen molar-refractivity contribution >= 4 is 18.2 Å². The van der Waals surface area contributed by atoms with E-state index in [0.29, 0.717) is 6.41 Å². The monoisotopic (exact) mass is 142 g/mol. The summed E-state index contributed by atoms with van der Waals surface area (Å²) in [4.78, 5) is 31.1. The van der Waals surface area contributed by atoms with Gasteiger partial charge in [0.15, 0.2) is 0 Å². The molecule has 1 heterocycles. The van der Waals surface area contributed by atoms with Gasteiger partial charge in [0.05, 0.1) is 0 Å². The molecule has 0 bridgehead atoms. The van der Waals surface area contributed by atoms with E-state index < -0.39 is 0 Å². The van der Waals surface area contributed by atoms with Crippen LogP contribution in [0.1, 0.15) is 12.8 Å². The maximum absolute atomic E-state index is 10.7. The van der Waals surface area contributed by atoms with Crippen molar-refractivity contribution < 1.29 is 14.4 Å². The van der Waals surface area contributed by atoms with Gasteiger partial charge in [0.2, 0.25) is 18.2 Å². The van der Waals surface area contributed by atoms with Crippen LogP contribution in [0, 0.1) is 0 Å². The summed E-state index contributed by atoms with van der Waals surface area (Å²) in [5, 5.41) is 0.729. The van der Waals surface area contributed by atoms with E-state index in [1.54, 1.807) is 0 Å².